The highest BCUT2D eigenvalue weighted by Gasteiger charge is 2.37. The Balaban J connectivity index is 2.02. The molecule has 0 aliphatic carbocycles. The molecule has 2 aromatic rings. The molecule has 1 fully saturated rings. The summed E-state index contributed by atoms with van der Waals surface area (Å²) in [6.45, 7) is 0.448. The normalized spacial score (nSPS) is 18.2. The Hall–Kier alpha value is -2.36. The second-order valence-corrected chi connectivity index (χ2v) is 7.52. The van der Waals surface area contributed by atoms with E-state index in [0.29, 0.717) is 12.3 Å². The van der Waals surface area contributed by atoms with Crippen LogP contribution in [0.1, 0.15) is 30.0 Å². The number of sulfonamides is 1. The molecule has 6 heteroatoms. The van der Waals surface area contributed by atoms with Gasteiger partial charge < -0.3 is 4.74 Å². The number of nitriles is 1. The third kappa shape index (κ3) is 2.88. The van der Waals surface area contributed by atoms with Crippen molar-refractivity contribution in [2.45, 2.75) is 23.8 Å². The molecule has 1 saturated heterocycles. The third-order valence-corrected chi connectivity index (χ3v) is 6.24. The van der Waals surface area contributed by atoms with E-state index < -0.39 is 10.0 Å². The summed E-state index contributed by atoms with van der Waals surface area (Å²) in [7, 11) is -2.14. The predicted molar refractivity (Wildman–Crippen MR) is 90.0 cm³/mol. The quantitative estimate of drug-likeness (QED) is 0.856. The zero-order valence-electron chi connectivity index (χ0n) is 13.3. The molecule has 0 radical (unpaired) electrons. The fourth-order valence-electron chi connectivity index (χ4n) is 3.12. The van der Waals surface area contributed by atoms with E-state index in [0.717, 1.165) is 18.4 Å². The van der Waals surface area contributed by atoms with Gasteiger partial charge in [0.15, 0.2) is 0 Å². The first-order valence-electron chi connectivity index (χ1n) is 7.73. The van der Waals surface area contributed by atoms with Gasteiger partial charge in [-0.25, -0.2) is 8.42 Å². The Morgan fingerprint density at radius 1 is 1.21 bits per heavy atom. The van der Waals surface area contributed by atoms with Crippen LogP contribution < -0.4 is 4.74 Å². The van der Waals surface area contributed by atoms with Gasteiger partial charge in [0.1, 0.15) is 11.8 Å². The van der Waals surface area contributed by atoms with Crippen LogP contribution in [0.4, 0.5) is 0 Å². The summed E-state index contributed by atoms with van der Waals surface area (Å²) >= 11 is 0. The zero-order chi connectivity index (χ0) is 17.2. The predicted octanol–water partition coefficient (Wildman–Crippen LogP) is 3.09. The highest BCUT2D eigenvalue weighted by molar-refractivity contribution is 7.89. The molecule has 0 unspecified atom stereocenters. The van der Waals surface area contributed by atoms with Crippen molar-refractivity contribution in [1.82, 2.24) is 4.31 Å². The molecule has 0 aromatic heterocycles. The van der Waals surface area contributed by atoms with Crippen molar-refractivity contribution in [3.8, 4) is 11.8 Å². The molecule has 24 heavy (non-hydrogen) atoms. The van der Waals surface area contributed by atoms with E-state index in [2.05, 4.69) is 0 Å². The second kappa shape index (κ2) is 6.63. The van der Waals surface area contributed by atoms with Gasteiger partial charge in [0.2, 0.25) is 10.0 Å². The van der Waals surface area contributed by atoms with E-state index in [-0.39, 0.29) is 16.5 Å². The van der Waals surface area contributed by atoms with Crippen LogP contribution in [0, 0.1) is 11.3 Å². The molecule has 0 saturated carbocycles. The number of hydrogen-bond donors (Lipinski definition) is 0. The topological polar surface area (TPSA) is 70.4 Å². The Labute approximate surface area is 142 Å². The molecule has 0 N–H and O–H groups in total. The minimum Gasteiger partial charge on any atom is -0.497 e. The van der Waals surface area contributed by atoms with Crippen molar-refractivity contribution in [1.29, 1.82) is 5.26 Å². The van der Waals surface area contributed by atoms with E-state index in [1.165, 1.54) is 16.4 Å². The van der Waals surface area contributed by atoms with Gasteiger partial charge in [0.05, 0.1) is 23.6 Å². The van der Waals surface area contributed by atoms with Gasteiger partial charge in [0.25, 0.3) is 0 Å². The molecule has 3 rings (SSSR count). The lowest BCUT2D eigenvalue weighted by Crippen LogP contribution is -2.31. The van der Waals surface area contributed by atoms with Crippen molar-refractivity contribution in [3.05, 3.63) is 59.7 Å². The van der Waals surface area contributed by atoms with E-state index in [1.807, 2.05) is 30.3 Å². The van der Waals surface area contributed by atoms with Crippen LogP contribution in [0.15, 0.2) is 53.4 Å². The Morgan fingerprint density at radius 2 is 2.00 bits per heavy atom. The average Bonchev–Trinajstić information content (AvgIpc) is 3.12. The molecular formula is C18H18N2O3S. The Kier molecular flexibility index (Phi) is 4.56. The minimum atomic E-state index is -3.73. The van der Waals surface area contributed by atoms with Gasteiger partial charge in [-0.05, 0) is 42.7 Å². The van der Waals surface area contributed by atoms with Crippen LogP contribution in [-0.2, 0) is 10.0 Å². The number of hydrogen-bond acceptors (Lipinski definition) is 4. The number of ether oxygens (including phenoxy) is 1. The molecule has 0 bridgehead atoms. The standard InChI is InChI=1S/C18H18N2O3S/c1-23-16-8-4-7-14(12-16)17-9-5-11-20(17)24(21,22)18-10-3-2-6-15(18)13-19/h2-4,6-8,10,12,17H,5,9,11H2,1H3/t17-/m1/s1. The van der Waals surface area contributed by atoms with Crippen LogP contribution in [-0.4, -0.2) is 26.4 Å². The molecule has 2 aromatic carbocycles. The van der Waals surface area contributed by atoms with Crippen molar-refractivity contribution in [3.63, 3.8) is 0 Å². The van der Waals surface area contributed by atoms with Crippen LogP contribution in [0.2, 0.25) is 0 Å². The third-order valence-electron chi connectivity index (χ3n) is 4.28. The minimum absolute atomic E-state index is 0.0716. The van der Waals surface area contributed by atoms with Gasteiger partial charge in [-0.1, -0.05) is 24.3 Å². The molecule has 0 amide bonds. The highest BCUT2D eigenvalue weighted by Crippen LogP contribution is 2.38. The van der Waals surface area contributed by atoms with Gasteiger partial charge in [0, 0.05) is 6.54 Å². The van der Waals surface area contributed by atoms with Gasteiger partial charge in [-0.2, -0.15) is 9.57 Å². The summed E-state index contributed by atoms with van der Waals surface area (Å²) in [4.78, 5) is 0.0716. The molecule has 124 valence electrons. The van der Waals surface area contributed by atoms with Crippen LogP contribution in [0.5, 0.6) is 5.75 Å². The van der Waals surface area contributed by atoms with Crippen molar-refractivity contribution in [2.75, 3.05) is 13.7 Å². The van der Waals surface area contributed by atoms with Gasteiger partial charge in [-0.3, -0.25) is 0 Å². The lowest BCUT2D eigenvalue weighted by atomic mass is 10.1. The van der Waals surface area contributed by atoms with Crippen LogP contribution >= 0.6 is 0 Å². The first-order valence-corrected chi connectivity index (χ1v) is 9.17. The summed E-state index contributed by atoms with van der Waals surface area (Å²) in [5.74, 6) is 0.703. The maximum atomic E-state index is 13.1. The SMILES string of the molecule is COc1cccc([C@H]2CCCN2S(=O)(=O)c2ccccc2C#N)c1. The number of benzene rings is 2. The summed E-state index contributed by atoms with van der Waals surface area (Å²) in [6, 6.07) is 15.6. The largest absolute Gasteiger partial charge is 0.497 e. The van der Waals surface area contributed by atoms with Gasteiger partial charge in [-0.15, -0.1) is 0 Å². The molecule has 1 aliphatic rings. The Morgan fingerprint density at radius 3 is 2.75 bits per heavy atom. The van der Waals surface area contributed by atoms with E-state index in [1.54, 1.807) is 19.2 Å². The molecule has 0 spiro atoms. The van der Waals surface area contributed by atoms with E-state index >= 15 is 0 Å². The molecular weight excluding hydrogens is 324 g/mol. The van der Waals surface area contributed by atoms with Gasteiger partial charge >= 0.3 is 0 Å². The monoisotopic (exact) mass is 342 g/mol. The van der Waals surface area contributed by atoms with Crippen molar-refractivity contribution < 1.29 is 13.2 Å². The highest BCUT2D eigenvalue weighted by atomic mass is 32.2. The summed E-state index contributed by atoms with van der Waals surface area (Å²) in [5, 5.41) is 9.23. The summed E-state index contributed by atoms with van der Waals surface area (Å²) < 4.78 is 32.9. The number of methoxy groups -OCH3 is 1. The van der Waals surface area contributed by atoms with E-state index in [4.69, 9.17) is 4.74 Å². The summed E-state index contributed by atoms with van der Waals surface area (Å²) in [6.07, 6.45) is 1.54. The fraction of sp³-hybridized carbons (Fsp3) is 0.278. The molecule has 5 nitrogen and oxygen atoms in total. The van der Waals surface area contributed by atoms with E-state index in [9.17, 15) is 13.7 Å². The van der Waals surface area contributed by atoms with Crippen LogP contribution in [0.3, 0.4) is 0 Å². The summed E-state index contributed by atoms with van der Waals surface area (Å²) in [5.41, 5.74) is 1.08. The fourth-order valence-corrected chi connectivity index (χ4v) is 4.95. The molecule has 1 atom stereocenters. The van der Waals surface area contributed by atoms with Crippen molar-refractivity contribution in [2.24, 2.45) is 0 Å². The lowest BCUT2D eigenvalue weighted by molar-refractivity contribution is 0.390. The first kappa shape index (κ1) is 16.5. The molecule has 1 heterocycles. The zero-order valence-corrected chi connectivity index (χ0v) is 14.2. The van der Waals surface area contributed by atoms with Crippen LogP contribution in [0.25, 0.3) is 0 Å². The maximum absolute atomic E-state index is 13.1. The Bertz CT molecular complexity index is 887. The smallest absolute Gasteiger partial charge is 0.244 e. The lowest BCUT2D eigenvalue weighted by Gasteiger charge is -2.25. The maximum Gasteiger partial charge on any atom is 0.244 e. The average molecular weight is 342 g/mol. The molecule has 1 aliphatic heterocycles. The second-order valence-electron chi connectivity index (χ2n) is 5.66. The number of nitrogens with zero attached hydrogens (tertiary/aromatic N) is 2. The first-order chi connectivity index (χ1) is 11.6. The van der Waals surface area contributed by atoms with Crippen molar-refractivity contribution >= 4 is 10.0 Å². The number of rotatable bonds is 4.